The van der Waals surface area contributed by atoms with E-state index in [9.17, 15) is 4.79 Å². The molecule has 0 unspecified atom stereocenters. The molecule has 0 saturated heterocycles. The zero-order valence-corrected chi connectivity index (χ0v) is 9.16. The first-order valence-corrected chi connectivity index (χ1v) is 4.96. The third kappa shape index (κ3) is 3.46. The molecule has 0 fully saturated rings. The van der Waals surface area contributed by atoms with Gasteiger partial charge in [-0.25, -0.2) is 0 Å². The van der Waals surface area contributed by atoms with E-state index in [-0.39, 0.29) is 17.2 Å². The quantitative estimate of drug-likeness (QED) is 0.488. The van der Waals surface area contributed by atoms with Crippen molar-refractivity contribution in [3.05, 3.63) is 41.6 Å². The highest BCUT2D eigenvalue weighted by Gasteiger charge is 2.07. The number of carbonyl (C=O) groups is 1. The van der Waals surface area contributed by atoms with Crippen LogP contribution < -0.4 is 5.73 Å². The van der Waals surface area contributed by atoms with Gasteiger partial charge in [0.05, 0.1) is 0 Å². The fourth-order valence-corrected chi connectivity index (χ4v) is 1.05. The summed E-state index contributed by atoms with van der Waals surface area (Å²) in [4.78, 5) is 10.6. The molecule has 0 aliphatic rings. The van der Waals surface area contributed by atoms with Crippen molar-refractivity contribution in [3.8, 4) is 5.75 Å². The number of carbonyl (C=O) groups excluding carboxylic acids is 1. The van der Waals surface area contributed by atoms with Crippen molar-refractivity contribution in [2.45, 2.75) is 4.84 Å². The number of phenols is 1. The van der Waals surface area contributed by atoms with Crippen LogP contribution in [0, 0.1) is 0 Å². The van der Waals surface area contributed by atoms with Gasteiger partial charge < -0.3 is 10.8 Å². The average Bonchev–Trinajstić information content (AvgIpc) is 2.18. The minimum absolute atomic E-state index is 0.0936. The van der Waals surface area contributed by atoms with Gasteiger partial charge in [-0.1, -0.05) is 23.2 Å². The second-order valence-electron chi connectivity index (χ2n) is 2.86. The van der Waals surface area contributed by atoms with Crippen molar-refractivity contribution < 1.29 is 9.90 Å². The summed E-state index contributed by atoms with van der Waals surface area (Å²) in [5, 5.41) is 9.01. The zero-order chi connectivity index (χ0) is 11.4. The molecule has 0 saturated carbocycles. The van der Waals surface area contributed by atoms with Crippen molar-refractivity contribution in [1.29, 1.82) is 0 Å². The molecule has 0 radical (unpaired) electrons. The Morgan fingerprint density at radius 3 is 2.33 bits per heavy atom. The normalized spacial score (nSPS) is 11.8. The van der Waals surface area contributed by atoms with Crippen LogP contribution in [-0.2, 0) is 0 Å². The molecule has 1 aromatic carbocycles. The predicted octanol–water partition coefficient (Wildman–Crippen LogP) is 2.22. The zero-order valence-electron chi connectivity index (χ0n) is 7.65. The maximum Gasteiger partial charge on any atom is 0.187 e. The molecule has 0 atom stereocenters. The smallest absolute Gasteiger partial charge is 0.187 e. The molecule has 1 rings (SSSR count). The molecule has 3 nitrogen and oxygen atoms in total. The van der Waals surface area contributed by atoms with Crippen molar-refractivity contribution in [2.24, 2.45) is 5.73 Å². The number of nitrogens with two attached hydrogens (primary N) is 1. The number of aromatic hydroxyl groups is 1. The monoisotopic (exact) mass is 245 g/mol. The molecule has 1 aromatic rings. The van der Waals surface area contributed by atoms with Gasteiger partial charge in [0.25, 0.3) is 0 Å². The van der Waals surface area contributed by atoms with Gasteiger partial charge in [-0.05, 0) is 24.3 Å². The Kier molecular flexibility index (Phi) is 4.00. The lowest BCUT2D eigenvalue weighted by molar-refractivity contribution is 0.104. The first-order valence-electron chi connectivity index (χ1n) is 4.09. The summed E-state index contributed by atoms with van der Waals surface area (Å²) in [6.07, 6.45) is 1.16. The third-order valence-corrected chi connectivity index (χ3v) is 2.21. The molecule has 15 heavy (non-hydrogen) atoms. The first kappa shape index (κ1) is 11.9. The summed E-state index contributed by atoms with van der Waals surface area (Å²) in [5.74, 6) is -0.213. The van der Waals surface area contributed by atoms with Crippen LogP contribution >= 0.6 is 23.2 Å². The van der Waals surface area contributed by atoms with Crippen LogP contribution in [0.4, 0.5) is 0 Å². The van der Waals surface area contributed by atoms with Crippen LogP contribution in [0.1, 0.15) is 10.4 Å². The van der Waals surface area contributed by atoms with E-state index >= 15 is 0 Å². The van der Waals surface area contributed by atoms with Gasteiger partial charge in [-0.2, -0.15) is 0 Å². The summed E-state index contributed by atoms with van der Waals surface area (Å²) in [6.45, 7) is 0. The van der Waals surface area contributed by atoms with E-state index in [4.69, 9.17) is 34.0 Å². The van der Waals surface area contributed by atoms with Gasteiger partial charge in [0, 0.05) is 17.3 Å². The van der Waals surface area contributed by atoms with E-state index < -0.39 is 4.84 Å². The molecule has 3 N–H and O–H groups in total. The summed E-state index contributed by atoms with van der Waals surface area (Å²) in [6, 6.07) is 5.80. The van der Waals surface area contributed by atoms with Crippen LogP contribution in [0.25, 0.3) is 0 Å². The predicted molar refractivity (Wildman–Crippen MR) is 60.2 cm³/mol. The van der Waals surface area contributed by atoms with Gasteiger partial charge in [0.1, 0.15) is 10.6 Å². The fraction of sp³-hybridized carbons (Fsp3) is 0.100. The van der Waals surface area contributed by atoms with Crippen molar-refractivity contribution in [1.82, 2.24) is 0 Å². The molecule has 0 aromatic heterocycles. The number of ketones is 1. The number of allylic oxidation sites excluding steroid dienone is 2. The van der Waals surface area contributed by atoms with Gasteiger partial charge in [0.15, 0.2) is 5.78 Å². The Hall–Kier alpha value is -1.19. The fourth-order valence-electron chi connectivity index (χ4n) is 0.923. The summed E-state index contributed by atoms with van der Waals surface area (Å²) < 4.78 is 0. The molecule has 0 heterocycles. The average molecular weight is 246 g/mol. The Balaban J connectivity index is 2.86. The van der Waals surface area contributed by atoms with Crippen molar-refractivity contribution >= 4 is 29.0 Å². The summed E-state index contributed by atoms with van der Waals surface area (Å²) >= 11 is 10.9. The summed E-state index contributed by atoms with van der Waals surface area (Å²) in [5.41, 5.74) is 5.91. The largest absolute Gasteiger partial charge is 0.508 e. The SMILES string of the molecule is NC(=CC(=O)c1ccc(O)cc1)C(Cl)Cl. The Labute approximate surface area is 97.1 Å². The van der Waals surface area contributed by atoms with Crippen LogP contribution in [0.5, 0.6) is 5.75 Å². The number of hydrogen-bond acceptors (Lipinski definition) is 3. The molecule has 0 bridgehead atoms. The van der Waals surface area contributed by atoms with Gasteiger partial charge in [-0.3, -0.25) is 4.79 Å². The van der Waals surface area contributed by atoms with E-state index in [0.29, 0.717) is 5.56 Å². The molecule has 0 aliphatic heterocycles. The topological polar surface area (TPSA) is 63.3 Å². The number of halogens is 2. The molecular weight excluding hydrogens is 237 g/mol. The van der Waals surface area contributed by atoms with Crippen molar-refractivity contribution in [2.75, 3.05) is 0 Å². The molecule has 5 heteroatoms. The number of rotatable bonds is 3. The Bertz CT molecular complexity index is 385. The van der Waals surface area contributed by atoms with E-state index in [0.717, 1.165) is 6.08 Å². The lowest BCUT2D eigenvalue weighted by Crippen LogP contribution is -2.08. The van der Waals surface area contributed by atoms with Crippen LogP contribution in [-0.4, -0.2) is 15.7 Å². The standard InChI is InChI=1S/C10H9Cl2NO2/c11-10(12)8(13)5-9(15)6-1-3-7(14)4-2-6/h1-5,10,14H,13H2. The second kappa shape index (κ2) is 5.05. The second-order valence-corrected chi connectivity index (χ2v) is 3.95. The number of benzene rings is 1. The molecule has 0 aliphatic carbocycles. The molecule has 0 spiro atoms. The van der Waals surface area contributed by atoms with Gasteiger partial charge >= 0.3 is 0 Å². The van der Waals surface area contributed by atoms with Crippen LogP contribution in [0.2, 0.25) is 0 Å². The van der Waals surface area contributed by atoms with Gasteiger partial charge in [0.2, 0.25) is 0 Å². The Morgan fingerprint density at radius 1 is 1.33 bits per heavy atom. The molecule has 80 valence electrons. The van der Waals surface area contributed by atoms with Crippen LogP contribution in [0.15, 0.2) is 36.0 Å². The maximum absolute atomic E-state index is 11.5. The number of hydrogen-bond donors (Lipinski definition) is 2. The van der Waals surface area contributed by atoms with Gasteiger partial charge in [-0.15, -0.1) is 0 Å². The van der Waals surface area contributed by atoms with E-state index in [1.165, 1.54) is 24.3 Å². The molecular formula is C10H9Cl2NO2. The highest BCUT2D eigenvalue weighted by Crippen LogP contribution is 2.13. The first-order chi connectivity index (χ1) is 7.00. The summed E-state index contributed by atoms with van der Waals surface area (Å²) in [7, 11) is 0. The highest BCUT2D eigenvalue weighted by molar-refractivity contribution is 6.46. The third-order valence-electron chi connectivity index (χ3n) is 1.70. The van der Waals surface area contributed by atoms with Crippen molar-refractivity contribution in [3.63, 3.8) is 0 Å². The lowest BCUT2D eigenvalue weighted by Gasteiger charge is -2.01. The number of alkyl halides is 2. The minimum Gasteiger partial charge on any atom is -0.508 e. The highest BCUT2D eigenvalue weighted by atomic mass is 35.5. The minimum atomic E-state index is -0.897. The van der Waals surface area contributed by atoms with E-state index in [1.807, 2.05) is 0 Å². The lowest BCUT2D eigenvalue weighted by atomic mass is 10.1. The number of phenolic OH excluding ortho intramolecular Hbond substituents is 1. The van der Waals surface area contributed by atoms with E-state index in [2.05, 4.69) is 0 Å². The molecule has 0 amide bonds. The Morgan fingerprint density at radius 2 is 1.87 bits per heavy atom. The maximum atomic E-state index is 11.5. The van der Waals surface area contributed by atoms with Crippen LogP contribution in [0.3, 0.4) is 0 Å². The van der Waals surface area contributed by atoms with E-state index in [1.54, 1.807) is 0 Å².